The zero-order chi connectivity index (χ0) is 15.2. The highest BCUT2D eigenvalue weighted by atomic mass is 16.5. The molecule has 0 saturated carbocycles. The highest BCUT2D eigenvalue weighted by Gasteiger charge is 2.12. The van der Waals surface area contributed by atoms with Crippen LogP contribution < -0.4 is 10.7 Å². The van der Waals surface area contributed by atoms with Crippen LogP contribution in [0.1, 0.15) is 10.4 Å². The van der Waals surface area contributed by atoms with Crippen molar-refractivity contribution in [1.29, 1.82) is 0 Å². The van der Waals surface area contributed by atoms with Crippen LogP contribution in [-0.2, 0) is 9.53 Å². The summed E-state index contributed by atoms with van der Waals surface area (Å²) >= 11 is 0. The van der Waals surface area contributed by atoms with Crippen molar-refractivity contribution in [2.45, 2.75) is 0 Å². The summed E-state index contributed by atoms with van der Waals surface area (Å²) in [5.41, 5.74) is 0.309. The van der Waals surface area contributed by atoms with E-state index >= 15 is 0 Å². The first-order valence-corrected chi connectivity index (χ1v) is 6.28. The van der Waals surface area contributed by atoms with Gasteiger partial charge in [0.05, 0.1) is 6.61 Å². The Morgan fingerprint density at radius 1 is 1.29 bits per heavy atom. The second-order valence-electron chi connectivity index (χ2n) is 4.28. The highest BCUT2D eigenvalue weighted by Crippen LogP contribution is 2.06. The van der Waals surface area contributed by atoms with Gasteiger partial charge in [-0.3, -0.25) is 9.59 Å². The molecule has 2 aromatic rings. The topological polar surface area (TPSA) is 108 Å². The van der Waals surface area contributed by atoms with Gasteiger partial charge in [-0.25, -0.2) is 4.79 Å². The maximum Gasteiger partial charge on any atom is 0.329 e. The summed E-state index contributed by atoms with van der Waals surface area (Å²) < 4.78 is 4.78. The fourth-order valence-corrected chi connectivity index (χ4v) is 1.83. The Labute approximate surface area is 119 Å². The van der Waals surface area contributed by atoms with E-state index in [0.717, 1.165) is 0 Å². The largest absolute Gasteiger partial charge is 0.480 e. The monoisotopic (exact) mass is 290 g/mol. The molecule has 7 nitrogen and oxygen atoms in total. The molecule has 3 N–H and O–H groups in total. The summed E-state index contributed by atoms with van der Waals surface area (Å²) in [4.78, 5) is 37.2. The van der Waals surface area contributed by atoms with Crippen LogP contribution in [0.5, 0.6) is 0 Å². The van der Waals surface area contributed by atoms with Gasteiger partial charge >= 0.3 is 5.97 Å². The number of para-hydroxylation sites is 1. The molecule has 0 aliphatic carbocycles. The Hall–Kier alpha value is -2.67. The molecule has 1 amide bonds. The SMILES string of the molecule is O=C(O)COCCNC(=O)c1c[nH]c2ccccc2c1=O. The zero-order valence-corrected chi connectivity index (χ0v) is 11.1. The lowest BCUT2D eigenvalue weighted by molar-refractivity contribution is -0.142. The molecule has 1 heterocycles. The van der Waals surface area contributed by atoms with Crippen LogP contribution in [0.25, 0.3) is 10.9 Å². The number of amides is 1. The Balaban J connectivity index is 2.01. The van der Waals surface area contributed by atoms with Crippen LogP contribution in [0, 0.1) is 0 Å². The third kappa shape index (κ3) is 3.67. The minimum atomic E-state index is -1.08. The molecular formula is C14H14N2O5. The number of nitrogens with one attached hydrogen (secondary N) is 2. The average Bonchev–Trinajstić information content (AvgIpc) is 2.47. The molecule has 0 aliphatic heterocycles. The molecule has 0 saturated heterocycles. The van der Waals surface area contributed by atoms with Gasteiger partial charge in [0.15, 0.2) is 0 Å². The van der Waals surface area contributed by atoms with Crippen molar-refractivity contribution in [3.8, 4) is 0 Å². The van der Waals surface area contributed by atoms with E-state index in [-0.39, 0.29) is 24.1 Å². The molecule has 1 aromatic heterocycles. The van der Waals surface area contributed by atoms with Gasteiger partial charge in [0, 0.05) is 23.6 Å². The van der Waals surface area contributed by atoms with Crippen LogP contribution in [0.15, 0.2) is 35.3 Å². The van der Waals surface area contributed by atoms with Crippen LogP contribution in [0.4, 0.5) is 0 Å². The minimum Gasteiger partial charge on any atom is -0.480 e. The number of pyridine rings is 1. The molecule has 0 atom stereocenters. The van der Waals surface area contributed by atoms with Gasteiger partial charge in [0.2, 0.25) is 5.43 Å². The first-order valence-electron chi connectivity index (χ1n) is 6.28. The van der Waals surface area contributed by atoms with Gasteiger partial charge in [0.25, 0.3) is 5.91 Å². The van der Waals surface area contributed by atoms with E-state index in [1.807, 2.05) is 0 Å². The van der Waals surface area contributed by atoms with Gasteiger partial charge < -0.3 is 20.1 Å². The maximum absolute atomic E-state index is 12.2. The molecule has 0 radical (unpaired) electrons. The summed E-state index contributed by atoms with van der Waals surface area (Å²) in [7, 11) is 0. The summed E-state index contributed by atoms with van der Waals surface area (Å²) in [5.74, 6) is -1.60. The standard InChI is InChI=1S/C14H14N2O5/c17-12(18)8-21-6-5-15-14(20)10-7-16-11-4-2-1-3-9(11)13(10)19/h1-4,7H,5-6,8H2,(H,15,20)(H,16,19)(H,17,18). The molecule has 0 spiro atoms. The van der Waals surface area contributed by atoms with Gasteiger partial charge in [-0.05, 0) is 12.1 Å². The number of hydrogen-bond acceptors (Lipinski definition) is 4. The lowest BCUT2D eigenvalue weighted by Crippen LogP contribution is -2.31. The summed E-state index contributed by atoms with van der Waals surface area (Å²) in [5, 5.41) is 11.3. The van der Waals surface area contributed by atoms with Crippen molar-refractivity contribution < 1.29 is 19.4 Å². The van der Waals surface area contributed by atoms with Crippen molar-refractivity contribution in [3.63, 3.8) is 0 Å². The first-order chi connectivity index (χ1) is 10.1. The van der Waals surface area contributed by atoms with E-state index in [1.165, 1.54) is 6.20 Å². The maximum atomic E-state index is 12.2. The second-order valence-corrected chi connectivity index (χ2v) is 4.28. The van der Waals surface area contributed by atoms with E-state index in [4.69, 9.17) is 9.84 Å². The van der Waals surface area contributed by atoms with Gasteiger partial charge in [-0.1, -0.05) is 12.1 Å². The fourth-order valence-electron chi connectivity index (χ4n) is 1.83. The average molecular weight is 290 g/mol. The van der Waals surface area contributed by atoms with E-state index in [0.29, 0.717) is 10.9 Å². The number of H-pyrrole nitrogens is 1. The number of benzene rings is 1. The molecule has 7 heteroatoms. The second kappa shape index (κ2) is 6.67. The third-order valence-corrected chi connectivity index (χ3v) is 2.79. The Morgan fingerprint density at radius 3 is 2.81 bits per heavy atom. The number of carboxylic acid groups (broad SMARTS) is 1. The van der Waals surface area contributed by atoms with Crippen molar-refractivity contribution in [3.05, 3.63) is 46.2 Å². The summed E-state index contributed by atoms with van der Waals surface area (Å²) in [6, 6.07) is 6.90. The number of aromatic nitrogens is 1. The van der Waals surface area contributed by atoms with E-state index in [9.17, 15) is 14.4 Å². The number of aromatic amines is 1. The third-order valence-electron chi connectivity index (χ3n) is 2.79. The van der Waals surface area contributed by atoms with Crippen molar-refractivity contribution >= 4 is 22.8 Å². The molecular weight excluding hydrogens is 276 g/mol. The predicted octanol–water partition coefficient (Wildman–Crippen LogP) is 0.359. The van der Waals surface area contributed by atoms with Crippen molar-refractivity contribution in [2.24, 2.45) is 0 Å². The number of ether oxygens (including phenoxy) is 1. The van der Waals surface area contributed by atoms with Crippen molar-refractivity contribution in [2.75, 3.05) is 19.8 Å². The molecule has 0 aliphatic rings. The van der Waals surface area contributed by atoms with E-state index in [1.54, 1.807) is 24.3 Å². The predicted molar refractivity (Wildman–Crippen MR) is 75.4 cm³/mol. The Morgan fingerprint density at radius 2 is 2.05 bits per heavy atom. The molecule has 2 rings (SSSR count). The summed E-state index contributed by atoms with van der Waals surface area (Å²) in [6.07, 6.45) is 1.36. The van der Waals surface area contributed by atoms with Gasteiger partial charge in [-0.15, -0.1) is 0 Å². The van der Waals surface area contributed by atoms with E-state index in [2.05, 4.69) is 10.3 Å². The fraction of sp³-hybridized carbons (Fsp3) is 0.214. The minimum absolute atomic E-state index is 0.00642. The summed E-state index contributed by atoms with van der Waals surface area (Å²) in [6.45, 7) is -0.242. The van der Waals surface area contributed by atoms with Gasteiger partial charge in [-0.2, -0.15) is 0 Å². The lowest BCUT2D eigenvalue weighted by atomic mass is 10.1. The molecule has 110 valence electrons. The first kappa shape index (κ1) is 14.7. The molecule has 1 aromatic carbocycles. The number of rotatable bonds is 6. The number of fused-ring (bicyclic) bond motifs is 1. The van der Waals surface area contributed by atoms with E-state index < -0.39 is 18.5 Å². The number of carbonyl (C=O) groups excluding carboxylic acids is 1. The van der Waals surface area contributed by atoms with Crippen LogP contribution in [0.2, 0.25) is 0 Å². The highest BCUT2D eigenvalue weighted by molar-refractivity contribution is 5.97. The number of carboxylic acids is 1. The lowest BCUT2D eigenvalue weighted by Gasteiger charge is -2.06. The van der Waals surface area contributed by atoms with Crippen molar-refractivity contribution in [1.82, 2.24) is 10.3 Å². The van der Waals surface area contributed by atoms with Crippen LogP contribution >= 0.6 is 0 Å². The zero-order valence-electron chi connectivity index (χ0n) is 11.1. The molecule has 0 bridgehead atoms. The smallest absolute Gasteiger partial charge is 0.329 e. The molecule has 0 fully saturated rings. The van der Waals surface area contributed by atoms with Gasteiger partial charge in [0.1, 0.15) is 12.2 Å². The quantitative estimate of drug-likeness (QED) is 0.666. The number of aliphatic carboxylic acids is 1. The molecule has 0 unspecified atom stereocenters. The Kier molecular flexibility index (Phi) is 4.68. The van der Waals surface area contributed by atoms with Crippen LogP contribution in [0.3, 0.4) is 0 Å². The normalized spacial score (nSPS) is 10.5. The Bertz CT molecular complexity index is 723. The number of hydrogen-bond donors (Lipinski definition) is 3. The molecule has 21 heavy (non-hydrogen) atoms. The van der Waals surface area contributed by atoms with Crippen LogP contribution in [-0.4, -0.2) is 41.7 Å². The number of carbonyl (C=O) groups is 2.